The molecule has 0 spiro atoms. The maximum atomic E-state index is 11.6. The molecule has 0 radical (unpaired) electrons. The maximum Gasteiger partial charge on any atom is 0.411 e. The number of hydrogen-bond donors (Lipinski definition) is 3. The van der Waals surface area contributed by atoms with Crippen molar-refractivity contribution in [3.8, 4) is 0 Å². The lowest BCUT2D eigenvalue weighted by Gasteiger charge is -2.29. The van der Waals surface area contributed by atoms with Crippen molar-refractivity contribution in [1.29, 1.82) is 0 Å². The van der Waals surface area contributed by atoms with Gasteiger partial charge in [0, 0.05) is 37.4 Å². The van der Waals surface area contributed by atoms with Crippen molar-refractivity contribution in [3.63, 3.8) is 0 Å². The fraction of sp³-hybridized carbons (Fsp3) is 0.579. The summed E-state index contributed by atoms with van der Waals surface area (Å²) in [5.41, 5.74) is 3.46. The quantitative estimate of drug-likeness (QED) is 0.354. The molecule has 0 saturated carbocycles. The average molecular weight is 363 g/mol. The lowest BCUT2D eigenvalue weighted by atomic mass is 10.1. The van der Waals surface area contributed by atoms with E-state index in [-0.39, 0.29) is 12.3 Å². The molecule has 2 rings (SSSR count). The van der Waals surface area contributed by atoms with Crippen LogP contribution >= 0.6 is 0 Å². The SMILES string of the molecule is O=C(CCCCCCN(C(=O)O)c1ccc(N2CCCCC2)cc1)NO. The number of rotatable bonds is 9. The summed E-state index contributed by atoms with van der Waals surface area (Å²) >= 11 is 0. The Morgan fingerprint density at radius 1 is 1.00 bits per heavy atom. The van der Waals surface area contributed by atoms with Crippen molar-refractivity contribution in [2.24, 2.45) is 0 Å². The zero-order valence-corrected chi connectivity index (χ0v) is 15.2. The molecule has 1 aromatic rings. The number of carboxylic acid groups (broad SMARTS) is 1. The van der Waals surface area contributed by atoms with Crippen LogP contribution in [0.2, 0.25) is 0 Å². The number of hydroxylamine groups is 1. The maximum absolute atomic E-state index is 11.6. The third-order valence-corrected chi connectivity index (χ3v) is 4.77. The van der Waals surface area contributed by atoms with Crippen molar-refractivity contribution in [1.82, 2.24) is 5.48 Å². The molecule has 26 heavy (non-hydrogen) atoms. The van der Waals surface area contributed by atoms with Gasteiger partial charge in [0.2, 0.25) is 5.91 Å². The topological polar surface area (TPSA) is 93.1 Å². The van der Waals surface area contributed by atoms with Gasteiger partial charge < -0.3 is 10.0 Å². The minimum Gasteiger partial charge on any atom is -0.465 e. The Morgan fingerprint density at radius 2 is 1.65 bits per heavy atom. The summed E-state index contributed by atoms with van der Waals surface area (Å²) in [5, 5.41) is 17.9. The number of carbonyl (C=O) groups is 2. The molecule has 1 aliphatic heterocycles. The summed E-state index contributed by atoms with van der Waals surface area (Å²) in [7, 11) is 0. The zero-order valence-electron chi connectivity index (χ0n) is 15.2. The van der Waals surface area contributed by atoms with Gasteiger partial charge in [-0.05, 0) is 56.4 Å². The summed E-state index contributed by atoms with van der Waals surface area (Å²) in [4.78, 5) is 26.2. The molecule has 2 amide bonds. The average Bonchev–Trinajstić information content (AvgIpc) is 2.67. The van der Waals surface area contributed by atoms with Crippen LogP contribution in [-0.4, -0.2) is 41.9 Å². The van der Waals surface area contributed by atoms with Crippen molar-refractivity contribution in [3.05, 3.63) is 24.3 Å². The lowest BCUT2D eigenvalue weighted by molar-refractivity contribution is -0.129. The van der Waals surface area contributed by atoms with Crippen LogP contribution in [0.1, 0.15) is 51.4 Å². The number of nitrogens with zero attached hydrogens (tertiary/aromatic N) is 2. The first-order valence-corrected chi connectivity index (χ1v) is 9.40. The summed E-state index contributed by atoms with van der Waals surface area (Å²) in [6.45, 7) is 2.57. The van der Waals surface area contributed by atoms with Crippen LogP contribution in [0.4, 0.5) is 16.2 Å². The summed E-state index contributed by atoms with van der Waals surface area (Å²) in [6.07, 6.45) is 6.14. The van der Waals surface area contributed by atoms with Crippen molar-refractivity contribution < 1.29 is 19.9 Å². The van der Waals surface area contributed by atoms with Gasteiger partial charge in [0.25, 0.3) is 0 Å². The second-order valence-electron chi connectivity index (χ2n) is 6.70. The Hall–Kier alpha value is -2.28. The highest BCUT2D eigenvalue weighted by Crippen LogP contribution is 2.24. The van der Waals surface area contributed by atoms with Crippen molar-refractivity contribution in [2.45, 2.75) is 51.4 Å². The Kier molecular flexibility index (Phi) is 8.21. The molecule has 0 atom stereocenters. The molecule has 0 bridgehead atoms. The first-order valence-electron chi connectivity index (χ1n) is 9.40. The number of nitrogens with one attached hydrogen (secondary N) is 1. The monoisotopic (exact) mass is 363 g/mol. The lowest BCUT2D eigenvalue weighted by Crippen LogP contribution is -2.31. The number of anilines is 2. The van der Waals surface area contributed by atoms with E-state index in [4.69, 9.17) is 5.21 Å². The van der Waals surface area contributed by atoms with Gasteiger partial charge in [-0.15, -0.1) is 0 Å². The Labute approximate surface area is 154 Å². The summed E-state index contributed by atoms with van der Waals surface area (Å²) < 4.78 is 0. The predicted molar refractivity (Wildman–Crippen MR) is 101 cm³/mol. The van der Waals surface area contributed by atoms with Crippen molar-refractivity contribution in [2.75, 3.05) is 29.4 Å². The van der Waals surface area contributed by atoms with Gasteiger partial charge in [-0.1, -0.05) is 12.8 Å². The number of benzene rings is 1. The fourth-order valence-corrected chi connectivity index (χ4v) is 3.30. The van der Waals surface area contributed by atoms with Gasteiger partial charge in [-0.2, -0.15) is 0 Å². The highest BCUT2D eigenvalue weighted by molar-refractivity contribution is 5.86. The van der Waals surface area contributed by atoms with Crippen LogP contribution in [0.25, 0.3) is 0 Å². The Balaban J connectivity index is 1.80. The smallest absolute Gasteiger partial charge is 0.411 e. The molecular formula is C19H29N3O4. The van der Waals surface area contributed by atoms with E-state index in [0.29, 0.717) is 18.7 Å². The zero-order chi connectivity index (χ0) is 18.8. The summed E-state index contributed by atoms with van der Waals surface area (Å²) in [6, 6.07) is 7.77. The standard InChI is InChI=1S/C19H29N3O4/c23-18(20-26)8-4-1-2-7-15-22(19(24)25)17-11-9-16(10-12-17)21-13-5-3-6-14-21/h9-12,26H,1-8,13-15H2,(H,20,23)(H,24,25). The van der Waals surface area contributed by atoms with Crippen LogP contribution in [0.3, 0.4) is 0 Å². The van der Waals surface area contributed by atoms with Crippen LogP contribution in [0, 0.1) is 0 Å². The van der Waals surface area contributed by atoms with E-state index in [1.807, 2.05) is 24.3 Å². The molecule has 144 valence electrons. The third kappa shape index (κ3) is 6.22. The molecule has 0 unspecified atom stereocenters. The molecule has 1 aliphatic rings. The van der Waals surface area contributed by atoms with E-state index in [1.165, 1.54) is 24.2 Å². The van der Waals surface area contributed by atoms with Gasteiger partial charge >= 0.3 is 6.09 Å². The number of amides is 2. The minimum absolute atomic E-state index is 0.289. The number of hydrogen-bond acceptors (Lipinski definition) is 4. The first-order chi connectivity index (χ1) is 12.6. The highest BCUT2D eigenvalue weighted by Gasteiger charge is 2.15. The molecule has 7 nitrogen and oxygen atoms in total. The fourth-order valence-electron chi connectivity index (χ4n) is 3.30. The number of carbonyl (C=O) groups excluding carboxylic acids is 1. The van der Waals surface area contributed by atoms with E-state index >= 15 is 0 Å². The molecule has 0 aromatic heterocycles. The molecule has 7 heteroatoms. The number of unbranched alkanes of at least 4 members (excludes halogenated alkanes) is 3. The van der Waals surface area contributed by atoms with Crippen LogP contribution in [0.15, 0.2) is 24.3 Å². The van der Waals surface area contributed by atoms with Gasteiger partial charge in [0.15, 0.2) is 0 Å². The van der Waals surface area contributed by atoms with Gasteiger partial charge in [-0.25, -0.2) is 10.3 Å². The first kappa shape index (κ1) is 20.0. The highest BCUT2D eigenvalue weighted by atomic mass is 16.5. The molecule has 1 aromatic carbocycles. The largest absolute Gasteiger partial charge is 0.465 e. The van der Waals surface area contributed by atoms with E-state index in [9.17, 15) is 14.7 Å². The second kappa shape index (κ2) is 10.7. The molecule has 3 N–H and O–H groups in total. The third-order valence-electron chi connectivity index (χ3n) is 4.77. The Bertz CT molecular complexity index is 571. The second-order valence-corrected chi connectivity index (χ2v) is 6.70. The van der Waals surface area contributed by atoms with Crippen LogP contribution in [0.5, 0.6) is 0 Å². The molecule has 1 saturated heterocycles. The molecular weight excluding hydrogens is 334 g/mol. The normalized spacial score (nSPS) is 14.1. The summed E-state index contributed by atoms with van der Waals surface area (Å²) in [5.74, 6) is -0.383. The van der Waals surface area contributed by atoms with E-state index in [2.05, 4.69) is 4.90 Å². The van der Waals surface area contributed by atoms with E-state index < -0.39 is 6.09 Å². The van der Waals surface area contributed by atoms with E-state index in [1.54, 1.807) is 5.48 Å². The van der Waals surface area contributed by atoms with Crippen LogP contribution in [-0.2, 0) is 4.79 Å². The minimum atomic E-state index is -0.949. The van der Waals surface area contributed by atoms with Gasteiger partial charge in [-0.3, -0.25) is 14.9 Å². The van der Waals surface area contributed by atoms with Gasteiger partial charge in [0.05, 0.1) is 0 Å². The van der Waals surface area contributed by atoms with E-state index in [0.717, 1.165) is 38.0 Å². The van der Waals surface area contributed by atoms with Crippen LogP contribution < -0.4 is 15.3 Å². The molecule has 1 heterocycles. The molecule has 0 aliphatic carbocycles. The number of piperidine rings is 1. The predicted octanol–water partition coefficient (Wildman–Crippen LogP) is 3.62. The Morgan fingerprint density at radius 3 is 2.27 bits per heavy atom. The van der Waals surface area contributed by atoms with Gasteiger partial charge in [0.1, 0.15) is 0 Å². The molecule has 1 fully saturated rings. The van der Waals surface area contributed by atoms with Crippen molar-refractivity contribution >= 4 is 23.4 Å².